The molecule has 74 valence electrons. The van der Waals surface area contributed by atoms with Gasteiger partial charge in [-0.3, -0.25) is 9.69 Å². The molecule has 1 N–H and O–H groups in total. The van der Waals surface area contributed by atoms with Gasteiger partial charge in [0.25, 0.3) is 0 Å². The molecule has 0 bridgehead atoms. The van der Waals surface area contributed by atoms with Gasteiger partial charge in [0, 0.05) is 12.1 Å². The van der Waals surface area contributed by atoms with E-state index in [2.05, 4.69) is 4.90 Å². The number of nitrogens with zero attached hydrogens (tertiary/aromatic N) is 1. The molecule has 0 radical (unpaired) electrons. The van der Waals surface area contributed by atoms with Crippen molar-refractivity contribution < 1.29 is 9.90 Å². The summed E-state index contributed by atoms with van der Waals surface area (Å²) < 4.78 is 0. The monoisotopic (exact) mass is 183 g/mol. The van der Waals surface area contributed by atoms with Crippen molar-refractivity contribution in [1.29, 1.82) is 0 Å². The third kappa shape index (κ3) is 1.85. The molecular weight excluding hydrogens is 166 g/mol. The Bertz CT molecular complexity index is 201. The molecule has 1 heterocycles. The van der Waals surface area contributed by atoms with Crippen molar-refractivity contribution in [1.82, 2.24) is 4.90 Å². The van der Waals surface area contributed by atoms with Crippen LogP contribution in [-0.4, -0.2) is 34.6 Å². The lowest BCUT2D eigenvalue weighted by Crippen LogP contribution is -2.43. The molecule has 2 aliphatic rings. The van der Waals surface area contributed by atoms with Crippen molar-refractivity contribution in [2.24, 2.45) is 0 Å². The molecule has 1 atom stereocenters. The first-order valence-corrected chi connectivity index (χ1v) is 5.25. The molecule has 1 aliphatic carbocycles. The number of likely N-dealkylation sites (tertiary alicyclic amines) is 1. The Labute approximate surface area is 78.7 Å². The van der Waals surface area contributed by atoms with Crippen molar-refractivity contribution in [2.45, 2.75) is 50.6 Å². The van der Waals surface area contributed by atoms with Gasteiger partial charge in [-0.05, 0) is 32.2 Å². The fourth-order valence-electron chi connectivity index (χ4n) is 2.48. The number of carboxylic acids is 1. The second kappa shape index (κ2) is 3.66. The quantitative estimate of drug-likeness (QED) is 0.720. The Kier molecular flexibility index (Phi) is 2.54. The van der Waals surface area contributed by atoms with E-state index in [4.69, 9.17) is 5.11 Å². The van der Waals surface area contributed by atoms with Crippen molar-refractivity contribution >= 4 is 5.97 Å². The number of carboxylic acid groups (broad SMARTS) is 1. The van der Waals surface area contributed by atoms with Gasteiger partial charge in [-0.15, -0.1) is 0 Å². The summed E-state index contributed by atoms with van der Waals surface area (Å²) in [5.74, 6) is -0.642. The Balaban J connectivity index is 1.89. The van der Waals surface area contributed by atoms with Gasteiger partial charge in [-0.2, -0.15) is 0 Å². The summed E-state index contributed by atoms with van der Waals surface area (Å²) in [6.07, 6.45) is 6.53. The fourth-order valence-corrected chi connectivity index (χ4v) is 2.48. The summed E-state index contributed by atoms with van der Waals surface area (Å²) >= 11 is 0. The van der Waals surface area contributed by atoms with E-state index in [-0.39, 0.29) is 0 Å². The molecule has 0 aromatic rings. The fraction of sp³-hybridized carbons (Fsp3) is 0.900. The first kappa shape index (κ1) is 9.00. The molecular formula is C10H17NO2. The SMILES string of the molecule is O=C(O)CC1CCCN1C1CCC1. The van der Waals surface area contributed by atoms with Crippen LogP contribution in [0.2, 0.25) is 0 Å². The van der Waals surface area contributed by atoms with Crippen LogP contribution in [0.4, 0.5) is 0 Å². The largest absolute Gasteiger partial charge is 0.481 e. The molecule has 0 amide bonds. The van der Waals surface area contributed by atoms with Gasteiger partial charge in [0.1, 0.15) is 0 Å². The molecule has 0 spiro atoms. The second-order valence-electron chi connectivity index (χ2n) is 4.22. The van der Waals surface area contributed by atoms with Crippen LogP contribution >= 0.6 is 0 Å². The van der Waals surface area contributed by atoms with Gasteiger partial charge in [0.05, 0.1) is 6.42 Å². The zero-order valence-corrected chi connectivity index (χ0v) is 7.91. The van der Waals surface area contributed by atoms with Crippen LogP contribution < -0.4 is 0 Å². The van der Waals surface area contributed by atoms with Crippen LogP contribution in [0.5, 0.6) is 0 Å². The molecule has 0 aromatic carbocycles. The Morgan fingerprint density at radius 3 is 2.62 bits per heavy atom. The summed E-state index contributed by atoms with van der Waals surface area (Å²) in [5.41, 5.74) is 0. The van der Waals surface area contributed by atoms with E-state index >= 15 is 0 Å². The van der Waals surface area contributed by atoms with Crippen LogP contribution in [0, 0.1) is 0 Å². The number of hydrogen-bond donors (Lipinski definition) is 1. The Hall–Kier alpha value is -0.570. The number of aliphatic carboxylic acids is 1. The number of rotatable bonds is 3. The summed E-state index contributed by atoms with van der Waals surface area (Å²) in [4.78, 5) is 13.0. The lowest BCUT2D eigenvalue weighted by Gasteiger charge is -2.38. The van der Waals surface area contributed by atoms with E-state index in [1.807, 2.05) is 0 Å². The third-order valence-electron chi connectivity index (χ3n) is 3.38. The van der Waals surface area contributed by atoms with Crippen LogP contribution in [0.1, 0.15) is 38.5 Å². The van der Waals surface area contributed by atoms with Gasteiger partial charge >= 0.3 is 5.97 Å². The molecule has 2 fully saturated rings. The molecule has 3 nitrogen and oxygen atoms in total. The first-order valence-electron chi connectivity index (χ1n) is 5.25. The highest BCUT2D eigenvalue weighted by molar-refractivity contribution is 5.67. The summed E-state index contributed by atoms with van der Waals surface area (Å²) in [5, 5.41) is 8.74. The maximum Gasteiger partial charge on any atom is 0.304 e. The summed E-state index contributed by atoms with van der Waals surface area (Å²) in [6.45, 7) is 1.13. The predicted molar refractivity (Wildman–Crippen MR) is 49.6 cm³/mol. The van der Waals surface area contributed by atoms with E-state index in [0.717, 1.165) is 13.0 Å². The van der Waals surface area contributed by atoms with Crippen LogP contribution in [0.25, 0.3) is 0 Å². The molecule has 1 aliphatic heterocycles. The number of hydrogen-bond acceptors (Lipinski definition) is 2. The third-order valence-corrected chi connectivity index (χ3v) is 3.38. The van der Waals surface area contributed by atoms with Gasteiger partial charge in [-0.1, -0.05) is 6.42 Å². The maximum atomic E-state index is 10.6. The van der Waals surface area contributed by atoms with E-state index < -0.39 is 5.97 Å². The lowest BCUT2D eigenvalue weighted by atomic mass is 9.90. The van der Waals surface area contributed by atoms with E-state index in [0.29, 0.717) is 18.5 Å². The molecule has 2 rings (SSSR count). The van der Waals surface area contributed by atoms with Gasteiger partial charge in [0.2, 0.25) is 0 Å². The highest BCUT2D eigenvalue weighted by Crippen LogP contribution is 2.32. The van der Waals surface area contributed by atoms with Gasteiger partial charge in [0.15, 0.2) is 0 Å². The summed E-state index contributed by atoms with van der Waals surface area (Å²) in [6, 6.07) is 1.05. The van der Waals surface area contributed by atoms with E-state index in [1.54, 1.807) is 0 Å². The second-order valence-corrected chi connectivity index (χ2v) is 4.22. The van der Waals surface area contributed by atoms with E-state index in [1.165, 1.54) is 25.7 Å². The van der Waals surface area contributed by atoms with Gasteiger partial charge < -0.3 is 5.11 Å². The van der Waals surface area contributed by atoms with Crippen LogP contribution in [0.15, 0.2) is 0 Å². The van der Waals surface area contributed by atoms with Gasteiger partial charge in [-0.25, -0.2) is 0 Å². The molecule has 0 aromatic heterocycles. The first-order chi connectivity index (χ1) is 6.27. The normalized spacial score (nSPS) is 30.3. The topological polar surface area (TPSA) is 40.5 Å². The minimum absolute atomic E-state index is 0.336. The Morgan fingerprint density at radius 1 is 1.31 bits per heavy atom. The van der Waals surface area contributed by atoms with Crippen LogP contribution in [0.3, 0.4) is 0 Å². The average molecular weight is 183 g/mol. The number of carbonyl (C=O) groups is 1. The highest BCUT2D eigenvalue weighted by Gasteiger charge is 2.34. The zero-order chi connectivity index (χ0) is 9.26. The average Bonchev–Trinajstić information content (AvgIpc) is 2.32. The molecule has 1 saturated heterocycles. The molecule has 1 saturated carbocycles. The highest BCUT2D eigenvalue weighted by atomic mass is 16.4. The Morgan fingerprint density at radius 2 is 2.08 bits per heavy atom. The molecule has 13 heavy (non-hydrogen) atoms. The minimum Gasteiger partial charge on any atom is -0.481 e. The molecule has 3 heteroatoms. The molecule has 1 unspecified atom stereocenters. The summed E-state index contributed by atoms with van der Waals surface area (Å²) in [7, 11) is 0. The van der Waals surface area contributed by atoms with Crippen molar-refractivity contribution in [3.63, 3.8) is 0 Å². The maximum absolute atomic E-state index is 10.6. The van der Waals surface area contributed by atoms with Crippen molar-refractivity contribution in [3.05, 3.63) is 0 Å². The smallest absolute Gasteiger partial charge is 0.304 e. The van der Waals surface area contributed by atoms with Crippen molar-refractivity contribution in [2.75, 3.05) is 6.54 Å². The standard InChI is InChI=1S/C10H17NO2/c12-10(13)7-9-5-2-6-11(9)8-3-1-4-8/h8-9H,1-7H2,(H,12,13). The van der Waals surface area contributed by atoms with E-state index in [9.17, 15) is 4.79 Å². The van der Waals surface area contributed by atoms with Crippen molar-refractivity contribution in [3.8, 4) is 0 Å². The minimum atomic E-state index is -0.642. The predicted octanol–water partition coefficient (Wildman–Crippen LogP) is 1.48. The van der Waals surface area contributed by atoms with Crippen LogP contribution in [-0.2, 0) is 4.79 Å². The lowest BCUT2D eigenvalue weighted by molar-refractivity contribution is -0.138. The zero-order valence-electron chi connectivity index (χ0n) is 7.91.